The van der Waals surface area contributed by atoms with Gasteiger partial charge in [0, 0.05) is 17.3 Å². The monoisotopic (exact) mass is 239 g/mol. The number of anilines is 1. The van der Waals surface area contributed by atoms with Crippen LogP contribution in [-0.4, -0.2) is 23.5 Å². The molecular formula is C11H10ClNO3. The number of hydrogen-bond acceptors (Lipinski definition) is 2. The van der Waals surface area contributed by atoms with E-state index in [1.807, 2.05) is 6.92 Å². The molecule has 1 saturated heterocycles. The molecule has 1 fully saturated rings. The molecule has 0 saturated carbocycles. The first-order valence-corrected chi connectivity index (χ1v) is 5.19. The van der Waals surface area contributed by atoms with Crippen LogP contribution < -0.4 is 4.90 Å². The number of β-lactam (4-membered cyclic amide) rings is 1. The molecule has 0 aliphatic carbocycles. The van der Waals surface area contributed by atoms with E-state index in [9.17, 15) is 9.59 Å². The molecule has 5 heteroatoms. The van der Waals surface area contributed by atoms with Gasteiger partial charge in [0.1, 0.15) is 0 Å². The normalized spacial score (nSPS) is 19.5. The second-order valence-corrected chi connectivity index (χ2v) is 4.21. The standard InChI is InChI=1S/C11H10ClNO3/c1-6-2-3-7(12)4-9(6)13-5-8(10(13)14)11(15)16/h2-4,8H,5H2,1H3,(H,15,16). The number of carboxylic acids is 1. The highest BCUT2D eigenvalue weighted by atomic mass is 35.5. The molecule has 1 unspecified atom stereocenters. The Morgan fingerprint density at radius 1 is 1.56 bits per heavy atom. The number of hydrogen-bond donors (Lipinski definition) is 1. The molecule has 84 valence electrons. The first-order valence-electron chi connectivity index (χ1n) is 4.81. The molecule has 1 aliphatic rings. The second-order valence-electron chi connectivity index (χ2n) is 3.77. The summed E-state index contributed by atoms with van der Waals surface area (Å²) < 4.78 is 0. The van der Waals surface area contributed by atoms with Gasteiger partial charge < -0.3 is 10.0 Å². The van der Waals surface area contributed by atoms with Gasteiger partial charge in [0.2, 0.25) is 5.91 Å². The molecule has 0 bridgehead atoms. The largest absolute Gasteiger partial charge is 0.481 e. The summed E-state index contributed by atoms with van der Waals surface area (Å²) in [5.74, 6) is -2.35. The van der Waals surface area contributed by atoms with Crippen LogP contribution in [0.2, 0.25) is 5.02 Å². The van der Waals surface area contributed by atoms with E-state index >= 15 is 0 Å². The molecule has 1 heterocycles. The number of aryl methyl sites for hydroxylation is 1. The van der Waals surface area contributed by atoms with Gasteiger partial charge in [0.05, 0.1) is 0 Å². The minimum absolute atomic E-state index is 0.218. The van der Waals surface area contributed by atoms with E-state index in [1.165, 1.54) is 4.90 Å². The van der Waals surface area contributed by atoms with Crippen LogP contribution in [0.15, 0.2) is 18.2 Å². The summed E-state index contributed by atoms with van der Waals surface area (Å²) >= 11 is 5.83. The van der Waals surface area contributed by atoms with Crippen molar-refractivity contribution in [2.24, 2.45) is 5.92 Å². The van der Waals surface area contributed by atoms with Crippen molar-refractivity contribution in [2.75, 3.05) is 11.4 Å². The number of rotatable bonds is 2. The molecule has 2 rings (SSSR count). The Kier molecular flexibility index (Phi) is 2.59. The number of amides is 1. The lowest BCUT2D eigenvalue weighted by atomic mass is 9.97. The summed E-state index contributed by atoms with van der Waals surface area (Å²) in [6.07, 6.45) is 0. The van der Waals surface area contributed by atoms with E-state index in [-0.39, 0.29) is 12.5 Å². The van der Waals surface area contributed by atoms with Crippen LogP contribution in [0.25, 0.3) is 0 Å². The van der Waals surface area contributed by atoms with Gasteiger partial charge in [-0.2, -0.15) is 0 Å². The number of aliphatic carboxylic acids is 1. The molecule has 4 nitrogen and oxygen atoms in total. The van der Waals surface area contributed by atoms with E-state index in [4.69, 9.17) is 16.7 Å². The zero-order valence-electron chi connectivity index (χ0n) is 8.61. The molecule has 16 heavy (non-hydrogen) atoms. The van der Waals surface area contributed by atoms with E-state index < -0.39 is 11.9 Å². The second kappa shape index (κ2) is 3.79. The third kappa shape index (κ3) is 1.65. The van der Waals surface area contributed by atoms with Gasteiger partial charge >= 0.3 is 5.97 Å². The fourth-order valence-electron chi connectivity index (χ4n) is 1.70. The van der Waals surface area contributed by atoms with Crippen LogP contribution >= 0.6 is 11.6 Å². The van der Waals surface area contributed by atoms with Crippen LogP contribution in [0, 0.1) is 12.8 Å². The molecule has 1 aliphatic heterocycles. The quantitative estimate of drug-likeness (QED) is 0.631. The van der Waals surface area contributed by atoms with Crippen molar-refractivity contribution in [3.63, 3.8) is 0 Å². The maximum absolute atomic E-state index is 11.6. The van der Waals surface area contributed by atoms with Gasteiger partial charge in [-0.25, -0.2) is 0 Å². The zero-order chi connectivity index (χ0) is 11.9. The Hall–Kier alpha value is -1.55. The van der Waals surface area contributed by atoms with Crippen molar-refractivity contribution < 1.29 is 14.7 Å². The maximum Gasteiger partial charge on any atom is 0.317 e. The number of halogens is 1. The molecule has 0 radical (unpaired) electrons. The highest BCUT2D eigenvalue weighted by Gasteiger charge is 2.43. The highest BCUT2D eigenvalue weighted by Crippen LogP contribution is 2.31. The van der Waals surface area contributed by atoms with Crippen molar-refractivity contribution >= 4 is 29.2 Å². The highest BCUT2D eigenvalue weighted by molar-refractivity contribution is 6.31. The zero-order valence-corrected chi connectivity index (χ0v) is 9.36. The Bertz CT molecular complexity index is 472. The number of nitrogens with zero attached hydrogens (tertiary/aromatic N) is 1. The Morgan fingerprint density at radius 2 is 2.25 bits per heavy atom. The summed E-state index contributed by atoms with van der Waals surface area (Å²) in [7, 11) is 0. The first-order chi connectivity index (χ1) is 7.50. The summed E-state index contributed by atoms with van der Waals surface area (Å²) in [6, 6.07) is 5.21. The van der Waals surface area contributed by atoms with Gasteiger partial charge in [0.15, 0.2) is 5.92 Å². The van der Waals surface area contributed by atoms with Gasteiger partial charge in [-0.1, -0.05) is 17.7 Å². The van der Waals surface area contributed by atoms with Crippen molar-refractivity contribution in [3.8, 4) is 0 Å². The third-order valence-corrected chi connectivity index (χ3v) is 2.92. The average Bonchev–Trinajstić information content (AvgIpc) is 2.20. The number of carboxylic acid groups (broad SMARTS) is 1. The number of benzene rings is 1. The van der Waals surface area contributed by atoms with Gasteiger partial charge in [0.25, 0.3) is 0 Å². The summed E-state index contributed by atoms with van der Waals surface area (Å²) in [5, 5.41) is 9.25. The lowest BCUT2D eigenvalue weighted by Gasteiger charge is -2.36. The average molecular weight is 240 g/mol. The third-order valence-electron chi connectivity index (χ3n) is 2.69. The predicted molar refractivity (Wildman–Crippen MR) is 59.7 cm³/mol. The van der Waals surface area contributed by atoms with Gasteiger partial charge in [-0.05, 0) is 24.6 Å². The van der Waals surface area contributed by atoms with Crippen LogP contribution in [0.4, 0.5) is 5.69 Å². The molecular weight excluding hydrogens is 230 g/mol. The van der Waals surface area contributed by atoms with Crippen molar-refractivity contribution in [3.05, 3.63) is 28.8 Å². The fourth-order valence-corrected chi connectivity index (χ4v) is 1.87. The smallest absolute Gasteiger partial charge is 0.317 e. The van der Waals surface area contributed by atoms with Crippen molar-refractivity contribution in [2.45, 2.75) is 6.92 Å². The predicted octanol–water partition coefficient (Wildman–Crippen LogP) is 1.70. The lowest BCUT2D eigenvalue weighted by molar-refractivity contribution is -0.149. The maximum atomic E-state index is 11.6. The molecule has 0 aromatic heterocycles. The molecule has 1 aromatic rings. The van der Waals surface area contributed by atoms with Gasteiger partial charge in [-0.3, -0.25) is 9.59 Å². The van der Waals surface area contributed by atoms with Crippen LogP contribution in [0.5, 0.6) is 0 Å². The summed E-state index contributed by atoms with van der Waals surface area (Å²) in [5.41, 5.74) is 1.59. The topological polar surface area (TPSA) is 57.6 Å². The van der Waals surface area contributed by atoms with Crippen molar-refractivity contribution in [1.29, 1.82) is 0 Å². The van der Waals surface area contributed by atoms with E-state index in [0.29, 0.717) is 10.7 Å². The van der Waals surface area contributed by atoms with E-state index in [2.05, 4.69) is 0 Å². The SMILES string of the molecule is Cc1ccc(Cl)cc1N1CC(C(=O)O)C1=O. The first kappa shape index (κ1) is 11.0. The van der Waals surface area contributed by atoms with Gasteiger partial charge in [-0.15, -0.1) is 0 Å². The Balaban J connectivity index is 2.25. The van der Waals surface area contributed by atoms with E-state index in [1.54, 1.807) is 18.2 Å². The molecule has 0 spiro atoms. The Labute approximate surface area is 97.4 Å². The number of carbonyl (C=O) groups is 2. The lowest BCUT2D eigenvalue weighted by Crippen LogP contribution is -2.56. The van der Waals surface area contributed by atoms with Crippen molar-refractivity contribution in [1.82, 2.24) is 0 Å². The van der Waals surface area contributed by atoms with Crippen LogP contribution in [0.3, 0.4) is 0 Å². The minimum Gasteiger partial charge on any atom is -0.481 e. The van der Waals surface area contributed by atoms with Crippen LogP contribution in [0.1, 0.15) is 5.56 Å². The summed E-state index contributed by atoms with van der Waals surface area (Å²) in [6.45, 7) is 2.07. The molecule has 1 aromatic carbocycles. The Morgan fingerprint density at radius 3 is 2.81 bits per heavy atom. The van der Waals surface area contributed by atoms with Crippen LogP contribution in [-0.2, 0) is 9.59 Å². The van der Waals surface area contributed by atoms with E-state index in [0.717, 1.165) is 5.56 Å². The number of carbonyl (C=O) groups excluding carboxylic acids is 1. The fraction of sp³-hybridized carbons (Fsp3) is 0.273. The molecule has 1 N–H and O–H groups in total. The summed E-state index contributed by atoms with van der Waals surface area (Å²) in [4.78, 5) is 23.7. The molecule has 1 atom stereocenters. The minimum atomic E-state index is -1.07. The molecule has 1 amide bonds.